The third-order valence-electron chi connectivity index (χ3n) is 2.42. The summed E-state index contributed by atoms with van der Waals surface area (Å²) in [5.74, 6) is 2.13. The average Bonchev–Trinajstić information content (AvgIpc) is 2.86. The van der Waals surface area contributed by atoms with Gasteiger partial charge in [-0.05, 0) is 12.1 Å². The lowest BCUT2D eigenvalue weighted by molar-refractivity contribution is 0.355. The number of nitrogens with two attached hydrogens (primary N) is 1. The highest BCUT2D eigenvalue weighted by Crippen LogP contribution is 2.38. The van der Waals surface area contributed by atoms with Gasteiger partial charge in [-0.2, -0.15) is 5.10 Å². The van der Waals surface area contributed by atoms with E-state index in [1.165, 1.54) is 7.11 Å². The molecule has 0 aliphatic carbocycles. The Bertz CT molecular complexity index is 556. The first-order valence-electron chi connectivity index (χ1n) is 5.22. The summed E-state index contributed by atoms with van der Waals surface area (Å²) in [6.45, 7) is 0.300. The van der Waals surface area contributed by atoms with E-state index in [4.69, 9.17) is 26.8 Å². The zero-order chi connectivity index (χ0) is 13.1. The van der Waals surface area contributed by atoms with Crippen molar-refractivity contribution in [2.75, 3.05) is 14.2 Å². The van der Waals surface area contributed by atoms with Crippen LogP contribution in [0.4, 0.5) is 0 Å². The number of nitrogens with one attached hydrogen (secondary N) is 1. The first-order valence-corrected chi connectivity index (χ1v) is 5.60. The van der Waals surface area contributed by atoms with Crippen molar-refractivity contribution in [2.24, 2.45) is 5.73 Å². The number of hydrogen-bond donors (Lipinski definition) is 2. The molecule has 0 saturated carbocycles. The Balaban J connectivity index is 2.48. The Morgan fingerprint density at radius 3 is 2.67 bits per heavy atom. The molecule has 1 aromatic carbocycles. The van der Waals surface area contributed by atoms with E-state index in [9.17, 15) is 0 Å². The standard InChI is InChI=1S/C11H13ClN4O2/c1-17-8-4-6(3-7(12)10(8)18-2)11-14-9(5-13)15-16-11/h3-4H,5,13H2,1-2H3,(H,14,15,16). The van der Waals surface area contributed by atoms with Gasteiger partial charge in [0, 0.05) is 5.56 Å². The largest absolute Gasteiger partial charge is 0.493 e. The van der Waals surface area contributed by atoms with E-state index in [1.807, 2.05) is 0 Å². The highest BCUT2D eigenvalue weighted by Gasteiger charge is 2.14. The fraction of sp³-hybridized carbons (Fsp3) is 0.273. The second-order valence-electron chi connectivity index (χ2n) is 3.50. The molecule has 7 heteroatoms. The van der Waals surface area contributed by atoms with Crippen LogP contribution >= 0.6 is 11.6 Å². The number of ether oxygens (including phenoxy) is 2. The van der Waals surface area contributed by atoms with E-state index in [0.717, 1.165) is 5.56 Å². The van der Waals surface area contributed by atoms with E-state index >= 15 is 0 Å². The molecule has 96 valence electrons. The Labute approximate surface area is 109 Å². The molecule has 3 N–H and O–H groups in total. The fourth-order valence-corrected chi connectivity index (χ4v) is 1.85. The van der Waals surface area contributed by atoms with Crippen molar-refractivity contribution in [2.45, 2.75) is 6.54 Å². The molecular weight excluding hydrogens is 256 g/mol. The topological polar surface area (TPSA) is 86.0 Å². The first kappa shape index (κ1) is 12.7. The number of nitrogens with zero attached hydrogens (tertiary/aromatic N) is 2. The summed E-state index contributed by atoms with van der Waals surface area (Å²) in [6.07, 6.45) is 0. The molecule has 0 bridgehead atoms. The van der Waals surface area contributed by atoms with Crippen LogP contribution < -0.4 is 15.2 Å². The van der Waals surface area contributed by atoms with Crippen molar-refractivity contribution in [3.8, 4) is 22.9 Å². The smallest absolute Gasteiger partial charge is 0.181 e. The molecule has 0 saturated heterocycles. The minimum atomic E-state index is 0.300. The molecule has 2 aromatic rings. The van der Waals surface area contributed by atoms with E-state index in [1.54, 1.807) is 19.2 Å². The van der Waals surface area contributed by atoms with Crippen LogP contribution in [0.3, 0.4) is 0 Å². The van der Waals surface area contributed by atoms with Crippen LogP contribution in [0, 0.1) is 0 Å². The molecule has 0 amide bonds. The molecule has 1 heterocycles. The van der Waals surface area contributed by atoms with E-state index in [-0.39, 0.29) is 0 Å². The zero-order valence-corrected chi connectivity index (χ0v) is 10.8. The van der Waals surface area contributed by atoms with Crippen LogP contribution in [0.25, 0.3) is 11.4 Å². The summed E-state index contributed by atoms with van der Waals surface area (Å²) in [7, 11) is 3.07. The van der Waals surface area contributed by atoms with Crippen LogP contribution in [0.2, 0.25) is 5.02 Å². The maximum atomic E-state index is 6.11. The Hall–Kier alpha value is -1.79. The molecule has 0 aliphatic rings. The number of halogens is 1. The van der Waals surface area contributed by atoms with Gasteiger partial charge in [-0.25, -0.2) is 4.98 Å². The lowest BCUT2D eigenvalue weighted by atomic mass is 10.2. The van der Waals surface area contributed by atoms with Crippen LogP contribution in [-0.2, 0) is 6.54 Å². The minimum absolute atomic E-state index is 0.300. The van der Waals surface area contributed by atoms with Crippen molar-refractivity contribution in [1.82, 2.24) is 15.2 Å². The number of hydrogen-bond acceptors (Lipinski definition) is 5. The molecule has 2 rings (SSSR count). The van der Waals surface area contributed by atoms with Gasteiger partial charge in [0.15, 0.2) is 17.3 Å². The van der Waals surface area contributed by atoms with Crippen molar-refractivity contribution >= 4 is 11.6 Å². The molecule has 0 aliphatic heterocycles. The van der Waals surface area contributed by atoms with Crippen LogP contribution in [-0.4, -0.2) is 29.4 Å². The normalized spacial score (nSPS) is 10.4. The second-order valence-corrected chi connectivity index (χ2v) is 3.91. The predicted molar refractivity (Wildman–Crippen MR) is 67.8 cm³/mol. The van der Waals surface area contributed by atoms with Crippen LogP contribution in [0.15, 0.2) is 12.1 Å². The van der Waals surface area contributed by atoms with Crippen LogP contribution in [0.1, 0.15) is 5.82 Å². The van der Waals surface area contributed by atoms with Gasteiger partial charge in [-0.3, -0.25) is 5.10 Å². The molecule has 6 nitrogen and oxygen atoms in total. The lowest BCUT2D eigenvalue weighted by Gasteiger charge is -2.10. The van der Waals surface area contributed by atoms with Gasteiger partial charge in [0.25, 0.3) is 0 Å². The first-order chi connectivity index (χ1) is 8.69. The third-order valence-corrected chi connectivity index (χ3v) is 2.70. The minimum Gasteiger partial charge on any atom is -0.493 e. The van der Waals surface area contributed by atoms with Gasteiger partial charge in [0.05, 0.1) is 25.8 Å². The van der Waals surface area contributed by atoms with Crippen molar-refractivity contribution < 1.29 is 9.47 Å². The summed E-state index contributed by atoms with van der Waals surface area (Å²) >= 11 is 6.11. The Kier molecular flexibility index (Phi) is 3.69. The van der Waals surface area contributed by atoms with Gasteiger partial charge >= 0.3 is 0 Å². The molecule has 0 atom stereocenters. The maximum absolute atomic E-state index is 6.11. The van der Waals surface area contributed by atoms with E-state index in [0.29, 0.717) is 34.7 Å². The molecule has 18 heavy (non-hydrogen) atoms. The third kappa shape index (κ3) is 2.25. The zero-order valence-electron chi connectivity index (χ0n) is 10.0. The van der Waals surface area contributed by atoms with Gasteiger partial charge in [0.2, 0.25) is 0 Å². The highest BCUT2D eigenvalue weighted by atomic mass is 35.5. The monoisotopic (exact) mass is 268 g/mol. The van der Waals surface area contributed by atoms with E-state index in [2.05, 4.69) is 15.2 Å². The average molecular weight is 269 g/mol. The maximum Gasteiger partial charge on any atom is 0.181 e. The van der Waals surface area contributed by atoms with Gasteiger partial charge in [0.1, 0.15) is 5.82 Å². The summed E-state index contributed by atoms with van der Waals surface area (Å²) < 4.78 is 10.4. The number of benzene rings is 1. The molecule has 0 spiro atoms. The quantitative estimate of drug-likeness (QED) is 0.880. The lowest BCUT2D eigenvalue weighted by Crippen LogP contribution is -1.98. The van der Waals surface area contributed by atoms with Gasteiger partial charge in [-0.1, -0.05) is 11.6 Å². The van der Waals surface area contributed by atoms with Crippen LogP contribution in [0.5, 0.6) is 11.5 Å². The summed E-state index contributed by atoms with van der Waals surface area (Å²) in [5.41, 5.74) is 6.20. The summed E-state index contributed by atoms with van der Waals surface area (Å²) in [4.78, 5) is 4.22. The number of H-pyrrole nitrogens is 1. The van der Waals surface area contributed by atoms with Gasteiger partial charge < -0.3 is 15.2 Å². The second kappa shape index (κ2) is 5.24. The van der Waals surface area contributed by atoms with Gasteiger partial charge in [-0.15, -0.1) is 0 Å². The predicted octanol–water partition coefficient (Wildman–Crippen LogP) is 1.60. The molecular formula is C11H13ClN4O2. The molecule has 0 radical (unpaired) electrons. The fourth-order valence-electron chi connectivity index (χ4n) is 1.56. The SMILES string of the molecule is COc1cc(-c2n[nH]c(CN)n2)cc(Cl)c1OC. The summed E-state index contributed by atoms with van der Waals surface area (Å²) in [5, 5.41) is 7.23. The Morgan fingerprint density at radius 1 is 1.33 bits per heavy atom. The molecule has 0 fully saturated rings. The van der Waals surface area contributed by atoms with E-state index < -0.39 is 0 Å². The molecule has 1 aromatic heterocycles. The van der Waals surface area contributed by atoms with Crippen molar-refractivity contribution in [3.05, 3.63) is 23.0 Å². The number of rotatable bonds is 4. The number of aromatic amines is 1. The number of aromatic nitrogens is 3. The summed E-state index contributed by atoms with van der Waals surface area (Å²) in [6, 6.07) is 3.47. The molecule has 0 unspecified atom stereocenters. The van der Waals surface area contributed by atoms with Crippen molar-refractivity contribution in [3.63, 3.8) is 0 Å². The highest BCUT2D eigenvalue weighted by molar-refractivity contribution is 6.32. The van der Waals surface area contributed by atoms with Crippen molar-refractivity contribution in [1.29, 1.82) is 0 Å². The Morgan fingerprint density at radius 2 is 2.11 bits per heavy atom. The number of methoxy groups -OCH3 is 2.